The van der Waals surface area contributed by atoms with Crippen molar-refractivity contribution in [3.63, 3.8) is 0 Å². The fraction of sp³-hybridized carbons (Fsp3) is 0. The first-order valence-electron chi connectivity index (χ1n) is 11.5. The van der Waals surface area contributed by atoms with Crippen LogP contribution in [0, 0.1) is 0 Å². The van der Waals surface area contributed by atoms with Gasteiger partial charge in [0.1, 0.15) is 11.2 Å². The second-order valence-corrected chi connectivity index (χ2v) is 8.51. The summed E-state index contributed by atoms with van der Waals surface area (Å²) < 4.78 is 6.13. The van der Waals surface area contributed by atoms with Crippen molar-refractivity contribution in [2.75, 3.05) is 0 Å². The van der Waals surface area contributed by atoms with Crippen molar-refractivity contribution in [3.8, 4) is 34.2 Å². The molecule has 35 heavy (non-hydrogen) atoms. The number of benzene rings is 5. The Labute approximate surface area is 201 Å². The molecule has 0 saturated heterocycles. The third-order valence-corrected chi connectivity index (χ3v) is 6.33. The number of hydrogen-bond donors (Lipinski definition) is 0. The van der Waals surface area contributed by atoms with E-state index in [2.05, 4.69) is 42.5 Å². The van der Waals surface area contributed by atoms with E-state index in [1.165, 1.54) is 0 Å². The summed E-state index contributed by atoms with van der Waals surface area (Å²) in [7, 11) is 0. The van der Waals surface area contributed by atoms with E-state index in [-0.39, 0.29) is 0 Å². The first kappa shape index (κ1) is 19.6. The van der Waals surface area contributed by atoms with Gasteiger partial charge in [-0.1, -0.05) is 97.1 Å². The molecule has 0 bridgehead atoms. The molecule has 4 heteroatoms. The molecule has 0 atom stereocenters. The molecular weight excluding hydrogens is 430 g/mol. The van der Waals surface area contributed by atoms with Gasteiger partial charge in [-0.3, -0.25) is 0 Å². The van der Waals surface area contributed by atoms with E-state index >= 15 is 0 Å². The minimum atomic E-state index is 0.615. The number of hydrogen-bond acceptors (Lipinski definition) is 4. The van der Waals surface area contributed by atoms with Crippen molar-refractivity contribution in [1.82, 2.24) is 15.0 Å². The molecule has 2 heterocycles. The molecule has 0 N–H and O–H groups in total. The summed E-state index contributed by atoms with van der Waals surface area (Å²) in [6.07, 6.45) is 0. The molecule has 164 valence electrons. The summed E-state index contributed by atoms with van der Waals surface area (Å²) in [5.41, 5.74) is 4.50. The minimum absolute atomic E-state index is 0.615. The largest absolute Gasteiger partial charge is 0.456 e. The maximum Gasteiger partial charge on any atom is 0.164 e. The summed E-state index contributed by atoms with van der Waals surface area (Å²) >= 11 is 0. The third kappa shape index (κ3) is 3.35. The fourth-order valence-corrected chi connectivity index (χ4v) is 4.63. The maximum atomic E-state index is 6.13. The highest BCUT2D eigenvalue weighted by Crippen LogP contribution is 2.33. The van der Waals surface area contributed by atoms with E-state index in [9.17, 15) is 0 Å². The Bertz CT molecular complexity index is 1850. The second-order valence-electron chi connectivity index (χ2n) is 8.51. The summed E-state index contributed by atoms with van der Waals surface area (Å²) in [4.78, 5) is 14.7. The number of fused-ring (bicyclic) bond motifs is 4. The number of para-hydroxylation sites is 1. The Balaban J connectivity index is 1.47. The monoisotopic (exact) mass is 449 g/mol. The van der Waals surface area contributed by atoms with Crippen LogP contribution in [0.1, 0.15) is 0 Å². The molecule has 7 aromatic rings. The molecule has 0 radical (unpaired) electrons. The number of nitrogens with zero attached hydrogens (tertiary/aromatic N) is 3. The van der Waals surface area contributed by atoms with Crippen molar-refractivity contribution in [2.45, 2.75) is 0 Å². The minimum Gasteiger partial charge on any atom is -0.456 e. The Hall–Kier alpha value is -4.83. The van der Waals surface area contributed by atoms with Crippen LogP contribution in [0.2, 0.25) is 0 Å². The highest BCUT2D eigenvalue weighted by Gasteiger charge is 2.15. The zero-order chi connectivity index (χ0) is 23.2. The Morgan fingerprint density at radius 2 is 1.09 bits per heavy atom. The lowest BCUT2D eigenvalue weighted by Crippen LogP contribution is -2.00. The van der Waals surface area contributed by atoms with Crippen LogP contribution >= 0.6 is 0 Å². The predicted octanol–water partition coefficient (Wildman–Crippen LogP) is 7.93. The molecule has 0 aliphatic heterocycles. The molecule has 0 unspecified atom stereocenters. The molecule has 0 spiro atoms. The topological polar surface area (TPSA) is 51.8 Å². The van der Waals surface area contributed by atoms with Gasteiger partial charge in [0.2, 0.25) is 0 Å². The summed E-state index contributed by atoms with van der Waals surface area (Å²) in [5.74, 6) is 1.91. The lowest BCUT2D eigenvalue weighted by Gasteiger charge is -2.10. The Kier molecular flexibility index (Phi) is 4.42. The van der Waals surface area contributed by atoms with E-state index in [0.29, 0.717) is 17.5 Å². The van der Waals surface area contributed by atoms with Gasteiger partial charge in [0.25, 0.3) is 0 Å². The predicted molar refractivity (Wildman–Crippen MR) is 141 cm³/mol. The van der Waals surface area contributed by atoms with Crippen LogP contribution in [0.5, 0.6) is 0 Å². The van der Waals surface area contributed by atoms with Crippen molar-refractivity contribution in [2.24, 2.45) is 0 Å². The highest BCUT2D eigenvalue weighted by molar-refractivity contribution is 6.05. The van der Waals surface area contributed by atoms with Gasteiger partial charge in [-0.05, 0) is 29.0 Å². The van der Waals surface area contributed by atoms with E-state index in [0.717, 1.165) is 49.4 Å². The normalized spacial score (nSPS) is 11.4. The molecular formula is C31H19N3O. The van der Waals surface area contributed by atoms with Crippen molar-refractivity contribution < 1.29 is 4.42 Å². The van der Waals surface area contributed by atoms with Crippen LogP contribution in [-0.2, 0) is 0 Å². The van der Waals surface area contributed by atoms with E-state index in [1.54, 1.807) is 0 Å². The first-order chi connectivity index (χ1) is 17.3. The number of aromatic nitrogens is 3. The van der Waals surface area contributed by atoms with Gasteiger partial charge >= 0.3 is 0 Å². The van der Waals surface area contributed by atoms with E-state index in [4.69, 9.17) is 19.4 Å². The van der Waals surface area contributed by atoms with Gasteiger partial charge in [0.15, 0.2) is 17.5 Å². The molecule has 4 nitrogen and oxygen atoms in total. The molecule has 0 aliphatic carbocycles. The lowest BCUT2D eigenvalue weighted by molar-refractivity contribution is 0.669. The molecule has 7 rings (SSSR count). The standard InChI is InChI=1S/C31H19N3O/c1-2-10-21(11-3-1)29-32-30(22-17-18-25-24-14-6-7-16-27(24)35-28(25)19-22)34-31(33-29)26-15-8-12-20-9-4-5-13-23(20)26/h1-19H. The van der Waals surface area contributed by atoms with Crippen LogP contribution in [-0.4, -0.2) is 15.0 Å². The maximum absolute atomic E-state index is 6.13. The van der Waals surface area contributed by atoms with Crippen molar-refractivity contribution in [3.05, 3.63) is 115 Å². The Morgan fingerprint density at radius 3 is 1.97 bits per heavy atom. The van der Waals surface area contributed by atoms with Gasteiger partial charge in [-0.15, -0.1) is 0 Å². The van der Waals surface area contributed by atoms with Gasteiger partial charge in [-0.2, -0.15) is 0 Å². The summed E-state index contributed by atoms with van der Waals surface area (Å²) in [5, 5.41) is 4.44. The quantitative estimate of drug-likeness (QED) is 0.275. The average molecular weight is 450 g/mol. The molecule has 5 aromatic carbocycles. The molecule has 0 fully saturated rings. The molecule has 0 amide bonds. The molecule has 0 aliphatic rings. The summed E-state index contributed by atoms with van der Waals surface area (Å²) in [6.45, 7) is 0. The van der Waals surface area contributed by atoms with E-state index < -0.39 is 0 Å². The van der Waals surface area contributed by atoms with Crippen LogP contribution in [0.4, 0.5) is 0 Å². The summed E-state index contributed by atoms with van der Waals surface area (Å²) in [6, 6.07) is 38.8. The fourth-order valence-electron chi connectivity index (χ4n) is 4.63. The van der Waals surface area contributed by atoms with Crippen molar-refractivity contribution >= 4 is 32.7 Å². The second kappa shape index (κ2) is 7.89. The van der Waals surface area contributed by atoms with Crippen LogP contribution in [0.15, 0.2) is 120 Å². The molecule has 0 saturated carbocycles. The van der Waals surface area contributed by atoms with E-state index in [1.807, 2.05) is 72.8 Å². The number of rotatable bonds is 3. The van der Waals surface area contributed by atoms with Gasteiger partial charge in [0, 0.05) is 27.5 Å². The highest BCUT2D eigenvalue weighted by atomic mass is 16.3. The average Bonchev–Trinajstić information content (AvgIpc) is 3.31. The number of furan rings is 1. The van der Waals surface area contributed by atoms with Crippen LogP contribution in [0.3, 0.4) is 0 Å². The Morgan fingerprint density at radius 1 is 0.429 bits per heavy atom. The van der Waals surface area contributed by atoms with Crippen LogP contribution < -0.4 is 0 Å². The SMILES string of the molecule is c1ccc(-c2nc(-c3ccc4c(c3)oc3ccccc34)nc(-c3cccc4ccccc34)n2)cc1. The lowest BCUT2D eigenvalue weighted by atomic mass is 10.0. The third-order valence-electron chi connectivity index (χ3n) is 6.33. The smallest absolute Gasteiger partial charge is 0.164 e. The van der Waals surface area contributed by atoms with Crippen molar-refractivity contribution in [1.29, 1.82) is 0 Å². The van der Waals surface area contributed by atoms with Gasteiger partial charge in [-0.25, -0.2) is 15.0 Å². The first-order valence-corrected chi connectivity index (χ1v) is 11.5. The molecule has 2 aromatic heterocycles. The zero-order valence-electron chi connectivity index (χ0n) is 18.7. The van der Waals surface area contributed by atoms with Gasteiger partial charge < -0.3 is 4.42 Å². The zero-order valence-corrected chi connectivity index (χ0v) is 18.7. The van der Waals surface area contributed by atoms with Crippen LogP contribution in [0.25, 0.3) is 66.9 Å². The van der Waals surface area contributed by atoms with Gasteiger partial charge in [0.05, 0.1) is 0 Å².